The normalized spacial score (nSPS) is 14.3. The van der Waals surface area contributed by atoms with Gasteiger partial charge in [0.15, 0.2) is 0 Å². The van der Waals surface area contributed by atoms with E-state index in [9.17, 15) is 0 Å². The van der Waals surface area contributed by atoms with Gasteiger partial charge < -0.3 is 15.4 Å². The van der Waals surface area contributed by atoms with E-state index in [0.717, 1.165) is 11.4 Å². The van der Waals surface area contributed by atoms with Crippen molar-refractivity contribution in [2.75, 3.05) is 25.7 Å². The number of benzene rings is 1. The molecule has 4 heteroatoms. The molecular formula is C14H23ClN2O. The summed E-state index contributed by atoms with van der Waals surface area (Å²) in [5.74, 6) is 0. The molecule has 102 valence electrons. The fraction of sp³-hybridized carbons (Fsp3) is 0.571. The van der Waals surface area contributed by atoms with Crippen LogP contribution in [0.15, 0.2) is 18.2 Å². The van der Waals surface area contributed by atoms with Crippen LogP contribution < -0.4 is 10.6 Å². The lowest BCUT2D eigenvalue weighted by Crippen LogP contribution is -2.33. The number of likely N-dealkylation sites (N-methyl/N-ethyl adjacent to an activating group) is 1. The van der Waals surface area contributed by atoms with E-state index < -0.39 is 0 Å². The summed E-state index contributed by atoms with van der Waals surface area (Å²) in [5.41, 5.74) is 8.24. The van der Waals surface area contributed by atoms with Gasteiger partial charge in [0.25, 0.3) is 0 Å². The third-order valence-corrected chi connectivity index (χ3v) is 3.27. The number of nitrogens with two attached hydrogens (primary N) is 1. The Bertz CT molecular complexity index is 382. The molecule has 2 unspecified atom stereocenters. The zero-order valence-electron chi connectivity index (χ0n) is 11.6. The molecule has 2 N–H and O–H groups in total. The van der Waals surface area contributed by atoms with Crippen molar-refractivity contribution in [1.82, 2.24) is 0 Å². The van der Waals surface area contributed by atoms with Crippen LogP contribution in [0.2, 0.25) is 5.02 Å². The molecule has 0 aliphatic heterocycles. The average molecular weight is 271 g/mol. The number of nitrogens with zero attached hydrogens (tertiary/aromatic N) is 1. The first kappa shape index (κ1) is 15.3. The zero-order chi connectivity index (χ0) is 13.7. The molecular weight excluding hydrogens is 248 g/mol. The molecule has 0 aromatic heterocycles. The molecule has 1 aromatic rings. The van der Waals surface area contributed by atoms with Crippen molar-refractivity contribution in [3.63, 3.8) is 0 Å². The topological polar surface area (TPSA) is 38.5 Å². The van der Waals surface area contributed by atoms with Crippen LogP contribution in [0.25, 0.3) is 0 Å². The Morgan fingerprint density at radius 2 is 2.06 bits per heavy atom. The maximum Gasteiger partial charge on any atom is 0.0663 e. The van der Waals surface area contributed by atoms with Crippen LogP contribution in [-0.2, 0) is 11.2 Å². The Hall–Kier alpha value is -0.770. The molecule has 0 aliphatic rings. The first-order valence-corrected chi connectivity index (χ1v) is 6.59. The molecule has 0 saturated heterocycles. The molecule has 0 saturated carbocycles. The summed E-state index contributed by atoms with van der Waals surface area (Å²) >= 11 is 6.06. The van der Waals surface area contributed by atoms with Crippen LogP contribution in [0.5, 0.6) is 0 Å². The minimum Gasteiger partial charge on any atom is -0.383 e. The molecule has 3 nitrogen and oxygen atoms in total. The molecule has 0 aliphatic carbocycles. The zero-order valence-corrected chi connectivity index (χ0v) is 12.4. The predicted molar refractivity (Wildman–Crippen MR) is 78.5 cm³/mol. The van der Waals surface area contributed by atoms with Crippen LogP contribution in [0.3, 0.4) is 0 Å². The Kier molecular flexibility index (Phi) is 5.93. The summed E-state index contributed by atoms with van der Waals surface area (Å²) in [4.78, 5) is 2.21. The molecule has 18 heavy (non-hydrogen) atoms. The molecule has 1 aromatic carbocycles. The summed E-state index contributed by atoms with van der Waals surface area (Å²) in [6.45, 7) is 4.83. The molecule has 0 fully saturated rings. The van der Waals surface area contributed by atoms with Crippen molar-refractivity contribution in [3.8, 4) is 0 Å². The first-order chi connectivity index (χ1) is 8.45. The van der Waals surface area contributed by atoms with E-state index in [1.54, 1.807) is 7.11 Å². The number of methoxy groups -OCH3 is 1. The Balaban J connectivity index is 2.99. The number of anilines is 1. The van der Waals surface area contributed by atoms with Gasteiger partial charge in [-0.2, -0.15) is 0 Å². The fourth-order valence-corrected chi connectivity index (χ4v) is 2.19. The lowest BCUT2D eigenvalue weighted by atomic mass is 10.0. The Morgan fingerprint density at radius 3 is 2.61 bits per heavy atom. The molecule has 0 bridgehead atoms. The van der Waals surface area contributed by atoms with Gasteiger partial charge in [0.1, 0.15) is 0 Å². The van der Waals surface area contributed by atoms with Crippen molar-refractivity contribution >= 4 is 17.3 Å². The summed E-state index contributed by atoms with van der Waals surface area (Å²) < 4.78 is 5.20. The molecule has 0 heterocycles. The van der Waals surface area contributed by atoms with Gasteiger partial charge in [-0.25, -0.2) is 0 Å². The largest absolute Gasteiger partial charge is 0.383 e. The van der Waals surface area contributed by atoms with Gasteiger partial charge in [-0.05, 0) is 44.0 Å². The van der Waals surface area contributed by atoms with Crippen LogP contribution in [0, 0.1) is 0 Å². The highest BCUT2D eigenvalue weighted by molar-refractivity contribution is 6.30. The smallest absolute Gasteiger partial charge is 0.0663 e. The minimum absolute atomic E-state index is 0.119. The number of hydrogen-bond acceptors (Lipinski definition) is 3. The maximum atomic E-state index is 6.06. The van der Waals surface area contributed by atoms with Crippen molar-refractivity contribution in [2.24, 2.45) is 5.73 Å². The maximum absolute atomic E-state index is 6.06. The van der Waals surface area contributed by atoms with Gasteiger partial charge in [0.05, 0.1) is 6.61 Å². The highest BCUT2D eigenvalue weighted by Crippen LogP contribution is 2.26. The van der Waals surface area contributed by atoms with E-state index in [0.29, 0.717) is 12.6 Å². The highest BCUT2D eigenvalue weighted by Gasteiger charge is 2.14. The summed E-state index contributed by atoms with van der Waals surface area (Å²) in [6, 6.07) is 6.39. The van der Waals surface area contributed by atoms with Gasteiger partial charge in [0.2, 0.25) is 0 Å². The predicted octanol–water partition coefficient (Wildman–Crippen LogP) is 2.70. The van der Waals surface area contributed by atoms with E-state index >= 15 is 0 Å². The van der Waals surface area contributed by atoms with Crippen molar-refractivity contribution in [1.29, 1.82) is 0 Å². The SMILES string of the molecule is COCC(C)N(C)c1ccc(Cl)cc1CC(C)N. The molecule has 1 rings (SSSR count). The van der Waals surface area contributed by atoms with E-state index in [-0.39, 0.29) is 6.04 Å². The van der Waals surface area contributed by atoms with E-state index in [1.165, 1.54) is 11.3 Å². The third-order valence-electron chi connectivity index (χ3n) is 3.03. The number of ether oxygens (including phenoxy) is 1. The molecule has 0 amide bonds. The highest BCUT2D eigenvalue weighted by atomic mass is 35.5. The van der Waals surface area contributed by atoms with Crippen LogP contribution >= 0.6 is 11.6 Å². The van der Waals surface area contributed by atoms with Gasteiger partial charge in [-0.15, -0.1) is 0 Å². The monoisotopic (exact) mass is 270 g/mol. The van der Waals surface area contributed by atoms with Gasteiger partial charge in [-0.3, -0.25) is 0 Å². The minimum atomic E-state index is 0.119. The van der Waals surface area contributed by atoms with Crippen molar-refractivity contribution in [2.45, 2.75) is 32.4 Å². The first-order valence-electron chi connectivity index (χ1n) is 6.21. The van der Waals surface area contributed by atoms with Crippen LogP contribution in [-0.4, -0.2) is 32.8 Å². The fourth-order valence-electron chi connectivity index (χ4n) is 2.00. The second kappa shape index (κ2) is 6.98. The van der Waals surface area contributed by atoms with E-state index in [1.807, 2.05) is 25.1 Å². The number of halogens is 1. The Morgan fingerprint density at radius 1 is 1.39 bits per heavy atom. The number of rotatable bonds is 6. The van der Waals surface area contributed by atoms with E-state index in [2.05, 4.69) is 18.9 Å². The lowest BCUT2D eigenvalue weighted by Gasteiger charge is -2.29. The van der Waals surface area contributed by atoms with Crippen molar-refractivity contribution in [3.05, 3.63) is 28.8 Å². The van der Waals surface area contributed by atoms with Gasteiger partial charge in [-0.1, -0.05) is 11.6 Å². The summed E-state index contributed by atoms with van der Waals surface area (Å²) in [6.07, 6.45) is 0.819. The standard InChI is InChI=1S/C14H23ClN2O/c1-10(16)7-12-8-13(15)5-6-14(12)17(3)11(2)9-18-4/h5-6,8,10-11H,7,9,16H2,1-4H3. The van der Waals surface area contributed by atoms with Gasteiger partial charge >= 0.3 is 0 Å². The Labute approximate surface area is 115 Å². The lowest BCUT2D eigenvalue weighted by molar-refractivity contribution is 0.183. The average Bonchev–Trinajstić information content (AvgIpc) is 2.28. The third kappa shape index (κ3) is 4.16. The second-order valence-electron chi connectivity index (χ2n) is 4.87. The summed E-state index contributed by atoms with van der Waals surface area (Å²) in [7, 11) is 3.78. The van der Waals surface area contributed by atoms with Crippen LogP contribution in [0.1, 0.15) is 19.4 Å². The summed E-state index contributed by atoms with van der Waals surface area (Å²) in [5, 5.41) is 0.752. The van der Waals surface area contributed by atoms with Crippen molar-refractivity contribution < 1.29 is 4.74 Å². The molecule has 2 atom stereocenters. The number of hydrogen-bond donors (Lipinski definition) is 1. The van der Waals surface area contributed by atoms with Gasteiger partial charge in [0, 0.05) is 37.0 Å². The second-order valence-corrected chi connectivity index (χ2v) is 5.31. The van der Waals surface area contributed by atoms with Crippen LogP contribution in [0.4, 0.5) is 5.69 Å². The molecule has 0 radical (unpaired) electrons. The quantitative estimate of drug-likeness (QED) is 0.864. The molecule has 0 spiro atoms. The van der Waals surface area contributed by atoms with E-state index in [4.69, 9.17) is 22.1 Å².